The van der Waals surface area contributed by atoms with Crippen LogP contribution in [0.2, 0.25) is 0 Å². The quantitative estimate of drug-likeness (QED) is 0.641. The van der Waals surface area contributed by atoms with Crippen molar-refractivity contribution < 1.29 is 0 Å². The Kier molecular flexibility index (Phi) is 2.96. The van der Waals surface area contributed by atoms with Gasteiger partial charge in [-0.25, -0.2) is 0 Å². The van der Waals surface area contributed by atoms with Crippen LogP contribution in [0.4, 0.5) is 5.69 Å². The normalized spacial score (nSPS) is 10.6. The van der Waals surface area contributed by atoms with Crippen LogP contribution in [0.15, 0.2) is 66.7 Å². The van der Waals surface area contributed by atoms with E-state index in [9.17, 15) is 0 Å². The Morgan fingerprint density at radius 3 is 2.11 bits per heavy atom. The van der Waals surface area contributed by atoms with Gasteiger partial charge in [-0.3, -0.25) is 0 Å². The highest BCUT2D eigenvalue weighted by Gasteiger charge is 2.08. The van der Waals surface area contributed by atoms with Crippen LogP contribution >= 0.6 is 0 Å². The third-order valence-corrected chi connectivity index (χ3v) is 3.47. The molecule has 0 N–H and O–H groups in total. The van der Waals surface area contributed by atoms with Crippen LogP contribution in [0.1, 0.15) is 0 Å². The third-order valence-electron chi connectivity index (χ3n) is 3.47. The molecule has 3 aromatic rings. The molecule has 1 nitrogen and oxygen atoms in total. The van der Waals surface area contributed by atoms with E-state index in [1.165, 1.54) is 27.6 Å². The number of nitrogens with zero attached hydrogens (tertiary/aromatic N) is 1. The monoisotopic (exact) mass is 247 g/mol. The summed E-state index contributed by atoms with van der Waals surface area (Å²) in [4.78, 5) is 2.16. The van der Waals surface area contributed by atoms with Gasteiger partial charge in [-0.1, -0.05) is 60.7 Å². The molecule has 19 heavy (non-hydrogen) atoms. The van der Waals surface area contributed by atoms with Gasteiger partial charge in [-0.15, -0.1) is 0 Å². The lowest BCUT2D eigenvalue weighted by atomic mass is 9.97. The van der Waals surface area contributed by atoms with Gasteiger partial charge < -0.3 is 4.90 Å². The van der Waals surface area contributed by atoms with Crippen molar-refractivity contribution in [3.63, 3.8) is 0 Å². The Morgan fingerprint density at radius 1 is 0.632 bits per heavy atom. The van der Waals surface area contributed by atoms with Crippen LogP contribution < -0.4 is 4.90 Å². The van der Waals surface area contributed by atoms with E-state index in [1.54, 1.807) is 0 Å². The van der Waals surface area contributed by atoms with E-state index >= 15 is 0 Å². The largest absolute Gasteiger partial charge is 0.377 e. The summed E-state index contributed by atoms with van der Waals surface area (Å²) in [7, 11) is 4.17. The molecule has 0 amide bonds. The summed E-state index contributed by atoms with van der Waals surface area (Å²) >= 11 is 0. The Bertz CT molecular complexity index is 708. The fourth-order valence-corrected chi connectivity index (χ4v) is 2.55. The molecule has 1 heteroatoms. The maximum Gasteiger partial charge on any atom is 0.0440 e. The van der Waals surface area contributed by atoms with Crippen LogP contribution in [-0.4, -0.2) is 14.1 Å². The fraction of sp³-hybridized carbons (Fsp3) is 0.111. The molecule has 0 unspecified atom stereocenters. The Hall–Kier alpha value is -2.28. The maximum absolute atomic E-state index is 2.20. The molecule has 0 atom stereocenters. The molecule has 94 valence electrons. The van der Waals surface area contributed by atoms with Crippen LogP contribution in [0.25, 0.3) is 21.9 Å². The smallest absolute Gasteiger partial charge is 0.0440 e. The summed E-state index contributed by atoms with van der Waals surface area (Å²) in [5.41, 5.74) is 3.82. The predicted molar refractivity (Wildman–Crippen MR) is 83.7 cm³/mol. The highest BCUT2D eigenvalue weighted by molar-refractivity contribution is 5.99. The molecule has 0 saturated carbocycles. The topological polar surface area (TPSA) is 3.24 Å². The van der Waals surface area contributed by atoms with Crippen molar-refractivity contribution in [3.05, 3.63) is 66.7 Å². The minimum atomic E-state index is 1.25. The first kappa shape index (κ1) is 11.8. The Labute approximate surface area is 114 Å². The molecule has 0 aromatic heterocycles. The minimum absolute atomic E-state index is 1.25. The molecule has 3 aromatic carbocycles. The number of anilines is 1. The molecule has 0 saturated heterocycles. The SMILES string of the molecule is CN(C)c1ccccc1-c1cccc2ccccc12. The lowest BCUT2D eigenvalue weighted by Gasteiger charge is -2.18. The molecule has 0 bridgehead atoms. The van der Waals surface area contributed by atoms with E-state index < -0.39 is 0 Å². The number of hydrogen-bond donors (Lipinski definition) is 0. The van der Waals surface area contributed by atoms with E-state index in [-0.39, 0.29) is 0 Å². The third kappa shape index (κ3) is 2.08. The van der Waals surface area contributed by atoms with Gasteiger partial charge in [0.1, 0.15) is 0 Å². The average molecular weight is 247 g/mol. The predicted octanol–water partition coefficient (Wildman–Crippen LogP) is 4.57. The highest BCUT2D eigenvalue weighted by atomic mass is 15.1. The Balaban J connectivity index is 2.31. The first-order valence-electron chi connectivity index (χ1n) is 6.52. The molecule has 0 spiro atoms. The second-order valence-electron chi connectivity index (χ2n) is 4.94. The van der Waals surface area contributed by atoms with Gasteiger partial charge in [0.2, 0.25) is 0 Å². The van der Waals surface area contributed by atoms with Crippen LogP contribution in [0, 0.1) is 0 Å². The van der Waals surface area contributed by atoms with E-state index in [2.05, 4.69) is 85.7 Å². The zero-order chi connectivity index (χ0) is 13.2. The lowest BCUT2D eigenvalue weighted by Crippen LogP contribution is -2.09. The lowest BCUT2D eigenvalue weighted by molar-refractivity contribution is 1.13. The zero-order valence-corrected chi connectivity index (χ0v) is 11.3. The molecule has 0 aliphatic heterocycles. The molecular formula is C18H17N. The second kappa shape index (κ2) is 4.77. The van der Waals surface area contributed by atoms with Gasteiger partial charge >= 0.3 is 0 Å². The summed E-state index contributed by atoms with van der Waals surface area (Å²) in [6, 6.07) is 23.6. The van der Waals surface area contributed by atoms with E-state index in [0.29, 0.717) is 0 Å². The van der Waals surface area contributed by atoms with Gasteiger partial charge in [0.25, 0.3) is 0 Å². The van der Waals surface area contributed by atoms with Crippen molar-refractivity contribution in [2.75, 3.05) is 19.0 Å². The van der Waals surface area contributed by atoms with Crippen LogP contribution in [-0.2, 0) is 0 Å². The summed E-state index contributed by atoms with van der Waals surface area (Å²) in [6.07, 6.45) is 0. The minimum Gasteiger partial charge on any atom is -0.377 e. The van der Waals surface area contributed by atoms with Gasteiger partial charge in [0.05, 0.1) is 0 Å². The standard InChI is InChI=1S/C18H17N/c1-19(2)18-13-6-5-11-17(18)16-12-7-9-14-8-3-4-10-15(14)16/h3-13H,1-2H3. The molecule has 0 heterocycles. The van der Waals surface area contributed by atoms with Crippen molar-refractivity contribution in [3.8, 4) is 11.1 Å². The number of para-hydroxylation sites is 1. The molecule has 0 fully saturated rings. The first-order valence-corrected chi connectivity index (χ1v) is 6.52. The summed E-state index contributed by atoms with van der Waals surface area (Å²) in [6.45, 7) is 0. The molecule has 0 aliphatic carbocycles. The average Bonchev–Trinajstić information content (AvgIpc) is 2.46. The van der Waals surface area contributed by atoms with E-state index in [1.807, 2.05) is 0 Å². The van der Waals surface area contributed by atoms with Crippen LogP contribution in [0.3, 0.4) is 0 Å². The summed E-state index contributed by atoms with van der Waals surface area (Å²) < 4.78 is 0. The van der Waals surface area contributed by atoms with E-state index in [0.717, 1.165) is 0 Å². The second-order valence-corrected chi connectivity index (χ2v) is 4.94. The van der Waals surface area contributed by atoms with Crippen molar-refractivity contribution in [1.29, 1.82) is 0 Å². The first-order chi connectivity index (χ1) is 9.27. The maximum atomic E-state index is 2.20. The van der Waals surface area contributed by atoms with Gasteiger partial charge in [0.15, 0.2) is 0 Å². The number of hydrogen-bond acceptors (Lipinski definition) is 1. The van der Waals surface area contributed by atoms with Crippen molar-refractivity contribution >= 4 is 16.5 Å². The van der Waals surface area contributed by atoms with Gasteiger partial charge in [0, 0.05) is 25.3 Å². The Morgan fingerprint density at radius 2 is 1.26 bits per heavy atom. The zero-order valence-electron chi connectivity index (χ0n) is 11.3. The van der Waals surface area contributed by atoms with Crippen molar-refractivity contribution in [1.82, 2.24) is 0 Å². The number of rotatable bonds is 2. The molecule has 0 aliphatic rings. The number of fused-ring (bicyclic) bond motifs is 1. The summed E-state index contributed by atoms with van der Waals surface area (Å²) in [5.74, 6) is 0. The molecule has 0 radical (unpaired) electrons. The van der Waals surface area contributed by atoms with Gasteiger partial charge in [-0.05, 0) is 22.4 Å². The van der Waals surface area contributed by atoms with Crippen molar-refractivity contribution in [2.45, 2.75) is 0 Å². The highest BCUT2D eigenvalue weighted by Crippen LogP contribution is 2.34. The fourth-order valence-electron chi connectivity index (χ4n) is 2.55. The number of benzene rings is 3. The van der Waals surface area contributed by atoms with Gasteiger partial charge in [-0.2, -0.15) is 0 Å². The molecule has 3 rings (SSSR count). The molecular weight excluding hydrogens is 230 g/mol. The van der Waals surface area contributed by atoms with Crippen LogP contribution in [0.5, 0.6) is 0 Å². The van der Waals surface area contributed by atoms with E-state index in [4.69, 9.17) is 0 Å². The summed E-state index contributed by atoms with van der Waals surface area (Å²) in [5, 5.41) is 2.59. The van der Waals surface area contributed by atoms with Crippen molar-refractivity contribution in [2.24, 2.45) is 0 Å².